The van der Waals surface area contributed by atoms with Crippen LogP contribution in [0.2, 0.25) is 0 Å². The SMILES string of the molecule is COCC(=O)N1CCC(c2nnc(C(=O)Nc3ccc(F)cc3F)s2)CC1. The van der Waals surface area contributed by atoms with Gasteiger partial charge in [0.05, 0.1) is 5.69 Å². The fourth-order valence-electron chi connectivity index (χ4n) is 2.85. The van der Waals surface area contributed by atoms with Crippen molar-refractivity contribution in [2.24, 2.45) is 0 Å². The maximum Gasteiger partial charge on any atom is 0.286 e. The molecule has 1 aromatic carbocycles. The van der Waals surface area contributed by atoms with E-state index in [1.165, 1.54) is 7.11 Å². The minimum atomic E-state index is -0.860. The van der Waals surface area contributed by atoms with Gasteiger partial charge in [-0.15, -0.1) is 10.2 Å². The van der Waals surface area contributed by atoms with Crippen LogP contribution in [0.1, 0.15) is 33.6 Å². The predicted molar refractivity (Wildman–Crippen MR) is 94.7 cm³/mol. The van der Waals surface area contributed by atoms with Crippen molar-refractivity contribution in [3.8, 4) is 0 Å². The van der Waals surface area contributed by atoms with Crippen LogP contribution < -0.4 is 5.32 Å². The van der Waals surface area contributed by atoms with E-state index >= 15 is 0 Å². The molecular formula is C17H18F2N4O3S. The van der Waals surface area contributed by atoms with E-state index in [0.29, 0.717) is 24.2 Å². The lowest BCUT2D eigenvalue weighted by Crippen LogP contribution is -2.39. The summed E-state index contributed by atoms with van der Waals surface area (Å²) in [5, 5.41) is 11.1. The van der Waals surface area contributed by atoms with Gasteiger partial charge in [-0.05, 0) is 25.0 Å². The summed E-state index contributed by atoms with van der Waals surface area (Å²) < 4.78 is 31.4. The molecule has 0 atom stereocenters. The topological polar surface area (TPSA) is 84.4 Å². The van der Waals surface area contributed by atoms with Crippen LogP contribution in [0.25, 0.3) is 0 Å². The largest absolute Gasteiger partial charge is 0.375 e. The van der Waals surface area contributed by atoms with Crippen LogP contribution in [-0.4, -0.2) is 53.7 Å². The second-order valence-electron chi connectivity index (χ2n) is 6.11. The highest BCUT2D eigenvalue weighted by Gasteiger charge is 2.27. The second-order valence-corrected chi connectivity index (χ2v) is 7.12. The average molecular weight is 396 g/mol. The summed E-state index contributed by atoms with van der Waals surface area (Å²) in [5.41, 5.74) is -0.122. The highest BCUT2D eigenvalue weighted by Crippen LogP contribution is 2.30. The van der Waals surface area contributed by atoms with Crippen molar-refractivity contribution in [2.45, 2.75) is 18.8 Å². The number of methoxy groups -OCH3 is 1. The van der Waals surface area contributed by atoms with Crippen LogP contribution in [0.15, 0.2) is 18.2 Å². The molecule has 1 N–H and O–H groups in total. The number of hydrogen-bond acceptors (Lipinski definition) is 6. The number of benzene rings is 1. The van der Waals surface area contributed by atoms with Gasteiger partial charge in [0.1, 0.15) is 23.2 Å². The first-order valence-electron chi connectivity index (χ1n) is 8.34. The van der Waals surface area contributed by atoms with Crippen LogP contribution in [0.5, 0.6) is 0 Å². The molecule has 2 aromatic rings. The molecule has 0 spiro atoms. The number of likely N-dealkylation sites (tertiary alicyclic amines) is 1. The smallest absolute Gasteiger partial charge is 0.286 e. The van der Waals surface area contributed by atoms with Gasteiger partial charge in [0.15, 0.2) is 0 Å². The molecule has 27 heavy (non-hydrogen) atoms. The first kappa shape index (κ1) is 19.3. The van der Waals surface area contributed by atoms with E-state index in [1.54, 1.807) is 4.90 Å². The van der Waals surface area contributed by atoms with Crippen molar-refractivity contribution >= 4 is 28.8 Å². The number of rotatable bonds is 5. The Balaban J connectivity index is 1.60. The van der Waals surface area contributed by atoms with Crippen molar-refractivity contribution in [1.82, 2.24) is 15.1 Å². The van der Waals surface area contributed by atoms with E-state index in [0.717, 1.165) is 36.3 Å². The average Bonchev–Trinajstić information content (AvgIpc) is 3.14. The maximum absolute atomic E-state index is 13.7. The Morgan fingerprint density at radius 2 is 2.04 bits per heavy atom. The number of hydrogen-bond donors (Lipinski definition) is 1. The number of aromatic nitrogens is 2. The third-order valence-corrected chi connectivity index (χ3v) is 5.36. The van der Waals surface area contributed by atoms with Gasteiger partial charge >= 0.3 is 0 Å². The second kappa shape index (κ2) is 8.49. The summed E-state index contributed by atoms with van der Waals surface area (Å²) in [4.78, 5) is 25.8. The van der Waals surface area contributed by atoms with Crippen LogP contribution in [0.4, 0.5) is 14.5 Å². The molecule has 3 rings (SSSR count). The number of ether oxygens (including phenoxy) is 1. The summed E-state index contributed by atoms with van der Waals surface area (Å²) >= 11 is 1.14. The molecule has 10 heteroatoms. The Hall–Kier alpha value is -2.46. The summed E-state index contributed by atoms with van der Waals surface area (Å²) in [7, 11) is 1.48. The zero-order valence-electron chi connectivity index (χ0n) is 14.6. The van der Waals surface area contributed by atoms with E-state index in [4.69, 9.17) is 4.74 Å². The molecule has 1 fully saturated rings. The Bertz CT molecular complexity index is 837. The number of amides is 2. The normalized spacial score (nSPS) is 15.0. The van der Waals surface area contributed by atoms with Crippen molar-refractivity contribution < 1.29 is 23.1 Å². The van der Waals surface area contributed by atoms with Crippen LogP contribution in [0, 0.1) is 11.6 Å². The minimum absolute atomic E-state index is 0.0467. The lowest BCUT2D eigenvalue weighted by Gasteiger charge is -2.30. The molecule has 0 aliphatic carbocycles. The summed E-state index contributed by atoms with van der Waals surface area (Å²) in [6.45, 7) is 1.25. The van der Waals surface area contributed by atoms with Gasteiger partial charge in [0.25, 0.3) is 5.91 Å². The molecular weight excluding hydrogens is 378 g/mol. The van der Waals surface area contributed by atoms with Crippen molar-refractivity contribution in [1.29, 1.82) is 0 Å². The number of carbonyl (C=O) groups is 2. The zero-order valence-corrected chi connectivity index (χ0v) is 15.4. The maximum atomic E-state index is 13.7. The van der Waals surface area contributed by atoms with Gasteiger partial charge in [-0.25, -0.2) is 8.78 Å². The molecule has 0 radical (unpaired) electrons. The number of anilines is 1. The van der Waals surface area contributed by atoms with Gasteiger partial charge in [-0.3, -0.25) is 9.59 Å². The molecule has 1 aromatic heterocycles. The Morgan fingerprint density at radius 1 is 1.30 bits per heavy atom. The first-order valence-corrected chi connectivity index (χ1v) is 9.16. The van der Waals surface area contributed by atoms with Gasteiger partial charge in [-0.1, -0.05) is 11.3 Å². The van der Waals surface area contributed by atoms with Crippen LogP contribution in [0.3, 0.4) is 0 Å². The molecule has 1 saturated heterocycles. The van der Waals surface area contributed by atoms with Gasteiger partial charge in [-0.2, -0.15) is 0 Å². The molecule has 2 heterocycles. The monoisotopic (exact) mass is 396 g/mol. The lowest BCUT2D eigenvalue weighted by atomic mass is 9.98. The van der Waals surface area contributed by atoms with Gasteiger partial charge < -0.3 is 15.0 Å². The lowest BCUT2D eigenvalue weighted by molar-refractivity contribution is -0.136. The Kier molecular flexibility index (Phi) is 6.07. The molecule has 0 saturated carbocycles. The molecule has 2 amide bonds. The van der Waals surface area contributed by atoms with Crippen molar-refractivity contribution in [2.75, 3.05) is 32.1 Å². The first-order chi connectivity index (χ1) is 13.0. The molecule has 1 aliphatic heterocycles. The van der Waals surface area contributed by atoms with Crippen molar-refractivity contribution in [3.05, 3.63) is 39.8 Å². The van der Waals surface area contributed by atoms with Gasteiger partial charge in [0.2, 0.25) is 10.9 Å². The standard InChI is InChI=1S/C17H18F2N4O3S/c1-26-9-14(24)23-6-4-10(5-7-23)16-21-22-17(27-16)15(25)20-13-3-2-11(18)8-12(13)19/h2-3,8,10H,4-7,9H2,1H3,(H,20,25). The third-order valence-electron chi connectivity index (χ3n) is 4.28. The highest BCUT2D eigenvalue weighted by atomic mass is 32.1. The number of carbonyl (C=O) groups excluding carboxylic acids is 2. The zero-order chi connectivity index (χ0) is 19.4. The molecule has 144 valence electrons. The van der Waals surface area contributed by atoms with Crippen molar-refractivity contribution in [3.63, 3.8) is 0 Å². The minimum Gasteiger partial charge on any atom is -0.375 e. The number of nitrogens with zero attached hydrogens (tertiary/aromatic N) is 3. The summed E-state index contributed by atoms with van der Waals surface area (Å²) in [5.74, 6) is -2.12. The third kappa shape index (κ3) is 4.64. The summed E-state index contributed by atoms with van der Waals surface area (Å²) in [6.07, 6.45) is 1.44. The predicted octanol–water partition coefficient (Wildman–Crippen LogP) is 2.42. The molecule has 7 nitrogen and oxygen atoms in total. The molecule has 0 bridgehead atoms. The number of nitrogens with one attached hydrogen (secondary N) is 1. The highest BCUT2D eigenvalue weighted by molar-refractivity contribution is 7.13. The summed E-state index contributed by atoms with van der Waals surface area (Å²) in [6, 6.07) is 2.90. The fourth-order valence-corrected chi connectivity index (χ4v) is 3.76. The Morgan fingerprint density at radius 3 is 2.70 bits per heavy atom. The molecule has 0 unspecified atom stereocenters. The fraction of sp³-hybridized carbons (Fsp3) is 0.412. The van der Waals surface area contributed by atoms with E-state index < -0.39 is 17.5 Å². The Labute approximate surface area is 158 Å². The van der Waals surface area contributed by atoms with Crippen LogP contribution in [-0.2, 0) is 9.53 Å². The quantitative estimate of drug-likeness (QED) is 0.839. The van der Waals surface area contributed by atoms with E-state index in [1.807, 2.05) is 0 Å². The van der Waals surface area contributed by atoms with Gasteiger partial charge in [0, 0.05) is 32.2 Å². The van der Waals surface area contributed by atoms with E-state index in [9.17, 15) is 18.4 Å². The van der Waals surface area contributed by atoms with E-state index in [2.05, 4.69) is 15.5 Å². The number of halogens is 2. The van der Waals surface area contributed by atoms with E-state index in [-0.39, 0.29) is 29.1 Å². The molecule has 1 aliphatic rings. The number of piperidine rings is 1. The van der Waals surface area contributed by atoms with Crippen LogP contribution >= 0.6 is 11.3 Å².